The van der Waals surface area contributed by atoms with E-state index in [0.717, 1.165) is 29.9 Å². The lowest BCUT2D eigenvalue weighted by molar-refractivity contribution is 0.380. The molecule has 5 nitrogen and oxygen atoms in total. The van der Waals surface area contributed by atoms with E-state index in [0.29, 0.717) is 25.5 Å². The van der Waals surface area contributed by atoms with Gasteiger partial charge in [0.1, 0.15) is 17.4 Å². The van der Waals surface area contributed by atoms with Gasteiger partial charge in [-0.15, -0.1) is 24.0 Å². The van der Waals surface area contributed by atoms with E-state index in [4.69, 9.17) is 4.52 Å². The highest BCUT2D eigenvalue weighted by Gasteiger charge is 2.42. The van der Waals surface area contributed by atoms with Crippen molar-refractivity contribution in [2.75, 3.05) is 6.54 Å². The second kappa shape index (κ2) is 10.2. The summed E-state index contributed by atoms with van der Waals surface area (Å²) in [4.78, 5) is 4.63. The van der Waals surface area contributed by atoms with E-state index in [-0.39, 0.29) is 41.5 Å². The van der Waals surface area contributed by atoms with Crippen LogP contribution in [0.2, 0.25) is 0 Å². The minimum atomic E-state index is -0.490. The number of hydrogen-bond acceptors (Lipinski definition) is 3. The normalized spacial score (nSPS) is 18.5. The fourth-order valence-corrected chi connectivity index (χ4v) is 3.31. The molecule has 0 amide bonds. The summed E-state index contributed by atoms with van der Waals surface area (Å²) in [6.45, 7) is 7.19. The van der Waals surface area contributed by atoms with Crippen LogP contribution in [0.25, 0.3) is 0 Å². The maximum Gasteiger partial charge on any atom is 0.191 e. The quantitative estimate of drug-likeness (QED) is 0.335. The first kappa shape index (κ1) is 22.6. The molecule has 0 bridgehead atoms. The molecule has 1 aliphatic carbocycles. The zero-order valence-electron chi connectivity index (χ0n) is 16.4. The maximum atomic E-state index is 14.0. The van der Waals surface area contributed by atoms with Crippen LogP contribution in [0.15, 0.2) is 27.7 Å². The Balaban J connectivity index is 0.00000280. The van der Waals surface area contributed by atoms with Crippen LogP contribution < -0.4 is 10.6 Å². The third-order valence-corrected chi connectivity index (χ3v) is 4.83. The lowest BCUT2D eigenvalue weighted by Crippen LogP contribution is -2.39. The maximum absolute atomic E-state index is 14.0. The van der Waals surface area contributed by atoms with Gasteiger partial charge in [0.2, 0.25) is 0 Å². The Morgan fingerprint density at radius 1 is 1.21 bits per heavy atom. The van der Waals surface area contributed by atoms with E-state index in [1.165, 1.54) is 18.2 Å². The van der Waals surface area contributed by atoms with Crippen LogP contribution >= 0.6 is 24.0 Å². The third kappa shape index (κ3) is 5.01. The number of aliphatic imine (C=N–C) groups is 1. The van der Waals surface area contributed by atoms with Crippen molar-refractivity contribution in [2.45, 2.75) is 58.5 Å². The minimum Gasteiger partial charge on any atom is -0.361 e. The van der Waals surface area contributed by atoms with E-state index < -0.39 is 11.6 Å². The summed E-state index contributed by atoms with van der Waals surface area (Å²) in [5.41, 5.74) is 2.10. The molecule has 1 saturated carbocycles. The molecule has 2 atom stereocenters. The highest BCUT2D eigenvalue weighted by Crippen LogP contribution is 2.43. The molecular formula is C20H27F2IN4O. The molecule has 0 saturated heterocycles. The number of halogens is 3. The highest BCUT2D eigenvalue weighted by atomic mass is 127. The molecule has 1 heterocycles. The van der Waals surface area contributed by atoms with Crippen LogP contribution in [-0.4, -0.2) is 23.7 Å². The molecule has 0 spiro atoms. The predicted octanol–water partition coefficient (Wildman–Crippen LogP) is 4.31. The van der Waals surface area contributed by atoms with Crippen molar-refractivity contribution >= 4 is 29.9 Å². The van der Waals surface area contributed by atoms with Gasteiger partial charge in [0.05, 0.1) is 12.2 Å². The molecular weight excluding hydrogens is 477 g/mol. The van der Waals surface area contributed by atoms with Gasteiger partial charge in [0.15, 0.2) is 5.96 Å². The fraction of sp³-hybridized carbons (Fsp3) is 0.500. The molecule has 154 valence electrons. The molecule has 0 radical (unpaired) electrons. The van der Waals surface area contributed by atoms with Gasteiger partial charge in [-0.3, -0.25) is 0 Å². The van der Waals surface area contributed by atoms with Crippen LogP contribution in [-0.2, 0) is 19.4 Å². The van der Waals surface area contributed by atoms with Crippen molar-refractivity contribution in [3.63, 3.8) is 0 Å². The van der Waals surface area contributed by atoms with Crippen molar-refractivity contribution in [2.24, 2.45) is 4.99 Å². The van der Waals surface area contributed by atoms with Crippen molar-refractivity contribution in [3.8, 4) is 0 Å². The van der Waals surface area contributed by atoms with E-state index in [1.54, 1.807) is 0 Å². The largest absolute Gasteiger partial charge is 0.361 e. The zero-order valence-corrected chi connectivity index (χ0v) is 18.7. The van der Waals surface area contributed by atoms with Gasteiger partial charge in [-0.05, 0) is 31.9 Å². The molecule has 2 aromatic rings. The number of aryl methyl sites for hydroxylation is 2. The Morgan fingerprint density at radius 3 is 2.54 bits per heavy atom. The molecule has 8 heteroatoms. The summed E-state index contributed by atoms with van der Waals surface area (Å²) in [6.07, 6.45) is 2.23. The van der Waals surface area contributed by atoms with Crippen LogP contribution in [0.3, 0.4) is 0 Å². The Hall–Kier alpha value is -1.71. The summed E-state index contributed by atoms with van der Waals surface area (Å²) < 4.78 is 33.3. The summed E-state index contributed by atoms with van der Waals surface area (Å²) in [5.74, 6) is 0.325. The molecule has 2 unspecified atom stereocenters. The van der Waals surface area contributed by atoms with Gasteiger partial charge in [-0.2, -0.15) is 0 Å². The SMILES string of the molecule is CCNC(=NCc1c(CC)noc1CC)NC1CC1c1c(F)cccc1F.I. The van der Waals surface area contributed by atoms with Gasteiger partial charge in [-0.1, -0.05) is 25.1 Å². The van der Waals surface area contributed by atoms with Crippen LogP contribution in [0.4, 0.5) is 8.78 Å². The molecule has 0 aliphatic heterocycles. The van der Waals surface area contributed by atoms with Gasteiger partial charge in [0.25, 0.3) is 0 Å². The molecule has 1 aromatic heterocycles. The second-order valence-electron chi connectivity index (χ2n) is 6.66. The second-order valence-corrected chi connectivity index (χ2v) is 6.66. The summed E-state index contributed by atoms with van der Waals surface area (Å²) in [6, 6.07) is 3.96. The number of benzene rings is 1. The summed E-state index contributed by atoms with van der Waals surface area (Å²) >= 11 is 0. The van der Waals surface area contributed by atoms with Crippen molar-refractivity contribution in [1.29, 1.82) is 0 Å². The Kier molecular flexibility index (Phi) is 8.21. The lowest BCUT2D eigenvalue weighted by Gasteiger charge is -2.12. The molecule has 3 rings (SSSR count). The Bertz CT molecular complexity index is 783. The Morgan fingerprint density at radius 2 is 1.93 bits per heavy atom. The average molecular weight is 504 g/mol. The van der Waals surface area contributed by atoms with E-state index in [1.807, 2.05) is 20.8 Å². The first-order valence-corrected chi connectivity index (χ1v) is 9.53. The number of aromatic nitrogens is 1. The molecule has 28 heavy (non-hydrogen) atoms. The number of guanidine groups is 1. The molecule has 2 N–H and O–H groups in total. The standard InChI is InChI=1S/C20H26F2N4O.HI/c1-4-16-13(18(5-2)27-26-16)11-24-20(23-6-3)25-17-10-12(17)19-14(21)8-7-9-15(19)22;/h7-9,12,17H,4-6,10-11H2,1-3H3,(H2,23,24,25);1H. The lowest BCUT2D eigenvalue weighted by atomic mass is 10.1. The van der Waals surface area contributed by atoms with Crippen molar-refractivity contribution < 1.29 is 13.3 Å². The zero-order chi connectivity index (χ0) is 19.4. The van der Waals surface area contributed by atoms with Gasteiger partial charge >= 0.3 is 0 Å². The Labute approximate surface area is 181 Å². The number of nitrogens with zero attached hydrogens (tertiary/aromatic N) is 2. The summed E-state index contributed by atoms with van der Waals surface area (Å²) in [7, 11) is 0. The third-order valence-electron chi connectivity index (χ3n) is 4.83. The first-order valence-electron chi connectivity index (χ1n) is 9.53. The number of rotatable bonds is 7. The monoisotopic (exact) mass is 504 g/mol. The topological polar surface area (TPSA) is 62.5 Å². The number of hydrogen-bond donors (Lipinski definition) is 2. The predicted molar refractivity (Wildman–Crippen MR) is 116 cm³/mol. The highest BCUT2D eigenvalue weighted by molar-refractivity contribution is 14.0. The van der Waals surface area contributed by atoms with Crippen LogP contribution in [0.1, 0.15) is 55.7 Å². The molecule has 1 fully saturated rings. The van der Waals surface area contributed by atoms with Crippen molar-refractivity contribution in [1.82, 2.24) is 15.8 Å². The van der Waals surface area contributed by atoms with Crippen molar-refractivity contribution in [3.05, 3.63) is 52.4 Å². The molecule has 1 aromatic carbocycles. The van der Waals surface area contributed by atoms with E-state index in [9.17, 15) is 8.78 Å². The van der Waals surface area contributed by atoms with E-state index in [2.05, 4.69) is 20.8 Å². The fourth-order valence-electron chi connectivity index (χ4n) is 3.31. The smallest absolute Gasteiger partial charge is 0.191 e. The van der Waals surface area contributed by atoms with Crippen LogP contribution in [0.5, 0.6) is 0 Å². The first-order chi connectivity index (χ1) is 13.1. The summed E-state index contributed by atoms with van der Waals surface area (Å²) in [5, 5.41) is 10.6. The van der Waals surface area contributed by atoms with E-state index >= 15 is 0 Å². The van der Waals surface area contributed by atoms with Crippen LogP contribution in [0, 0.1) is 11.6 Å². The molecule has 1 aliphatic rings. The van der Waals surface area contributed by atoms with Gasteiger partial charge in [0, 0.05) is 36.1 Å². The average Bonchev–Trinajstić information content (AvgIpc) is 3.27. The minimum absolute atomic E-state index is 0. The van der Waals surface area contributed by atoms with Gasteiger partial charge < -0.3 is 15.2 Å². The van der Waals surface area contributed by atoms with Gasteiger partial charge in [-0.25, -0.2) is 13.8 Å². The number of nitrogens with one attached hydrogen (secondary N) is 2.